The van der Waals surface area contributed by atoms with Crippen LogP contribution in [0.4, 0.5) is 13.2 Å². The number of aromatic nitrogens is 4. The van der Waals surface area contributed by atoms with E-state index in [1.165, 1.54) is 53.5 Å². The largest absolute Gasteiger partial charge is 0.545 e. The molecular weight excluding hydrogens is 439 g/mol. The van der Waals surface area contributed by atoms with Gasteiger partial charge in [-0.05, 0) is 48.0 Å². The van der Waals surface area contributed by atoms with Crippen LogP contribution in [-0.4, -0.2) is 31.9 Å². The molecule has 0 atom stereocenters. The van der Waals surface area contributed by atoms with E-state index in [2.05, 4.69) is 15.3 Å². The van der Waals surface area contributed by atoms with Gasteiger partial charge in [-0.15, -0.1) is 5.10 Å². The van der Waals surface area contributed by atoms with E-state index in [9.17, 15) is 27.9 Å². The first kappa shape index (κ1) is 21.7. The maximum Gasteiger partial charge on any atom is 0.416 e. The molecule has 2 aromatic carbocycles. The summed E-state index contributed by atoms with van der Waals surface area (Å²) in [5.74, 6) is -2.09. The van der Waals surface area contributed by atoms with Crippen molar-refractivity contribution in [3.05, 3.63) is 83.7 Å². The standard InChI is InChI=1S/C22H14F3N5O3/c23-22(24,25)16-4-1-12(2-5-16)19-11-30(29-28-19)17-8-14(7-15(9-17)21(32)33)18-6-3-13(10-27-18)20(26)31/h1-11H,(H2,26,31)(H,32,33)/p-1. The first-order valence-electron chi connectivity index (χ1n) is 9.35. The molecule has 4 rings (SSSR count). The number of pyridine rings is 1. The number of benzene rings is 2. The van der Waals surface area contributed by atoms with Crippen LogP contribution in [0.2, 0.25) is 0 Å². The van der Waals surface area contributed by atoms with E-state index in [1.54, 1.807) is 6.07 Å². The predicted molar refractivity (Wildman–Crippen MR) is 108 cm³/mol. The summed E-state index contributed by atoms with van der Waals surface area (Å²) in [4.78, 5) is 26.9. The Morgan fingerprint density at radius 3 is 2.21 bits per heavy atom. The summed E-state index contributed by atoms with van der Waals surface area (Å²) in [6, 6.07) is 11.6. The van der Waals surface area contributed by atoms with Crippen LogP contribution in [0.5, 0.6) is 0 Å². The van der Waals surface area contributed by atoms with Crippen LogP contribution in [-0.2, 0) is 6.18 Å². The van der Waals surface area contributed by atoms with Crippen molar-refractivity contribution >= 4 is 11.9 Å². The number of carboxylic acid groups (broad SMARTS) is 1. The van der Waals surface area contributed by atoms with E-state index in [1.807, 2.05) is 0 Å². The number of alkyl halides is 3. The van der Waals surface area contributed by atoms with Crippen LogP contribution < -0.4 is 10.8 Å². The molecule has 0 aliphatic carbocycles. The fourth-order valence-corrected chi connectivity index (χ4v) is 3.07. The third-order valence-corrected chi connectivity index (χ3v) is 4.76. The molecule has 8 nitrogen and oxygen atoms in total. The van der Waals surface area contributed by atoms with E-state index in [-0.39, 0.29) is 16.8 Å². The molecule has 0 spiro atoms. The van der Waals surface area contributed by atoms with Gasteiger partial charge in [-0.25, -0.2) is 4.68 Å². The summed E-state index contributed by atoms with van der Waals surface area (Å²) in [5, 5.41) is 19.4. The number of hydrogen-bond acceptors (Lipinski definition) is 6. The number of aromatic carboxylic acids is 1. The number of carboxylic acids is 1. The molecule has 11 heteroatoms. The van der Waals surface area contributed by atoms with Gasteiger partial charge in [0.15, 0.2) is 0 Å². The minimum Gasteiger partial charge on any atom is -0.545 e. The maximum atomic E-state index is 12.8. The number of nitrogens with two attached hydrogens (primary N) is 1. The monoisotopic (exact) mass is 452 g/mol. The number of hydrogen-bond donors (Lipinski definition) is 1. The van der Waals surface area contributed by atoms with Crippen molar-refractivity contribution in [2.45, 2.75) is 6.18 Å². The smallest absolute Gasteiger partial charge is 0.416 e. The first-order chi connectivity index (χ1) is 15.6. The minimum absolute atomic E-state index is 0.158. The Bertz CT molecular complexity index is 1350. The molecule has 4 aromatic rings. The number of rotatable bonds is 5. The average molecular weight is 452 g/mol. The highest BCUT2D eigenvalue weighted by Crippen LogP contribution is 2.31. The fourth-order valence-electron chi connectivity index (χ4n) is 3.07. The zero-order valence-corrected chi connectivity index (χ0v) is 16.6. The molecule has 2 aromatic heterocycles. The minimum atomic E-state index is -4.46. The molecule has 0 unspecified atom stereocenters. The summed E-state index contributed by atoms with van der Waals surface area (Å²) in [6.45, 7) is 0. The lowest BCUT2D eigenvalue weighted by Gasteiger charge is -2.10. The van der Waals surface area contributed by atoms with Crippen LogP contribution >= 0.6 is 0 Å². The third-order valence-electron chi connectivity index (χ3n) is 4.76. The molecule has 0 fully saturated rings. The van der Waals surface area contributed by atoms with Gasteiger partial charge in [0, 0.05) is 17.3 Å². The average Bonchev–Trinajstić information content (AvgIpc) is 3.29. The van der Waals surface area contributed by atoms with Crippen molar-refractivity contribution in [2.75, 3.05) is 0 Å². The number of amides is 1. The van der Waals surface area contributed by atoms with Crippen LogP contribution in [0.15, 0.2) is 67.0 Å². The van der Waals surface area contributed by atoms with Crippen LogP contribution in [0, 0.1) is 0 Å². The van der Waals surface area contributed by atoms with Crippen LogP contribution in [0.25, 0.3) is 28.2 Å². The first-order valence-corrected chi connectivity index (χ1v) is 9.35. The maximum absolute atomic E-state index is 12.8. The van der Waals surface area contributed by atoms with Gasteiger partial charge in [0.1, 0.15) is 5.69 Å². The van der Waals surface area contributed by atoms with Gasteiger partial charge in [0.05, 0.1) is 34.7 Å². The van der Waals surface area contributed by atoms with E-state index in [0.717, 1.165) is 12.1 Å². The molecular formula is C22H13F3N5O3-. The molecule has 0 saturated carbocycles. The van der Waals surface area contributed by atoms with Gasteiger partial charge in [-0.2, -0.15) is 13.2 Å². The summed E-state index contributed by atoms with van der Waals surface area (Å²) in [7, 11) is 0. The second kappa shape index (κ2) is 8.19. The second-order valence-corrected chi connectivity index (χ2v) is 6.98. The number of primary amides is 1. The molecule has 166 valence electrons. The van der Waals surface area contributed by atoms with Gasteiger partial charge in [-0.3, -0.25) is 9.78 Å². The van der Waals surface area contributed by atoms with Crippen molar-refractivity contribution in [1.29, 1.82) is 0 Å². The lowest BCUT2D eigenvalue weighted by Crippen LogP contribution is -2.22. The zero-order chi connectivity index (χ0) is 23.8. The quantitative estimate of drug-likeness (QED) is 0.496. The number of nitrogens with zero attached hydrogens (tertiary/aromatic N) is 4. The zero-order valence-electron chi connectivity index (χ0n) is 16.6. The van der Waals surface area contributed by atoms with Crippen LogP contribution in [0.3, 0.4) is 0 Å². The van der Waals surface area contributed by atoms with E-state index in [4.69, 9.17) is 5.73 Å². The molecule has 2 N–H and O–H groups in total. The van der Waals surface area contributed by atoms with E-state index < -0.39 is 23.6 Å². The summed E-state index contributed by atoms with van der Waals surface area (Å²) < 4.78 is 39.6. The highest BCUT2D eigenvalue weighted by Gasteiger charge is 2.30. The van der Waals surface area contributed by atoms with Gasteiger partial charge in [0.25, 0.3) is 0 Å². The summed E-state index contributed by atoms with van der Waals surface area (Å²) in [5.41, 5.74) is 6.20. The predicted octanol–water partition coefficient (Wildman–Crippen LogP) is 2.48. The topological polar surface area (TPSA) is 127 Å². The molecule has 1 amide bonds. The molecule has 0 aliphatic rings. The van der Waals surface area contributed by atoms with Crippen molar-refractivity contribution in [3.8, 4) is 28.2 Å². The van der Waals surface area contributed by atoms with E-state index in [0.29, 0.717) is 22.5 Å². The Morgan fingerprint density at radius 2 is 1.64 bits per heavy atom. The third kappa shape index (κ3) is 4.56. The Hall–Kier alpha value is -4.54. The molecule has 0 radical (unpaired) electrons. The Labute approximate surface area is 184 Å². The number of carbonyl (C=O) groups excluding carboxylic acids is 2. The number of halogens is 3. The Balaban J connectivity index is 1.71. The van der Waals surface area contributed by atoms with E-state index >= 15 is 0 Å². The molecule has 2 heterocycles. The normalized spacial score (nSPS) is 11.4. The highest BCUT2D eigenvalue weighted by atomic mass is 19.4. The fraction of sp³-hybridized carbons (Fsp3) is 0.0455. The van der Waals surface area contributed by atoms with Gasteiger partial charge in [-0.1, -0.05) is 17.3 Å². The lowest BCUT2D eigenvalue weighted by atomic mass is 10.1. The van der Waals surface area contributed by atoms with Crippen molar-refractivity contribution in [1.82, 2.24) is 20.0 Å². The van der Waals surface area contributed by atoms with Crippen molar-refractivity contribution in [2.24, 2.45) is 5.73 Å². The van der Waals surface area contributed by atoms with Crippen molar-refractivity contribution in [3.63, 3.8) is 0 Å². The second-order valence-electron chi connectivity index (χ2n) is 6.98. The Morgan fingerprint density at radius 1 is 0.909 bits per heavy atom. The van der Waals surface area contributed by atoms with Crippen LogP contribution in [0.1, 0.15) is 26.3 Å². The Kier molecular flexibility index (Phi) is 5.38. The van der Waals surface area contributed by atoms with Gasteiger partial charge >= 0.3 is 6.18 Å². The molecule has 0 saturated heterocycles. The SMILES string of the molecule is NC(=O)c1ccc(-c2cc(C(=O)[O-])cc(-n3cc(-c4ccc(C(F)(F)F)cc4)nn3)c2)nc1. The van der Waals surface area contributed by atoms with Gasteiger partial charge < -0.3 is 15.6 Å². The molecule has 33 heavy (non-hydrogen) atoms. The molecule has 0 aliphatic heterocycles. The summed E-state index contributed by atoms with van der Waals surface area (Å²) >= 11 is 0. The lowest BCUT2D eigenvalue weighted by molar-refractivity contribution is -0.255. The number of carbonyl (C=O) groups is 2. The van der Waals surface area contributed by atoms with Crippen molar-refractivity contribution < 1.29 is 27.9 Å². The molecule has 0 bridgehead atoms. The summed E-state index contributed by atoms with van der Waals surface area (Å²) in [6.07, 6.45) is -1.74. The highest BCUT2D eigenvalue weighted by molar-refractivity contribution is 5.93. The van der Waals surface area contributed by atoms with Gasteiger partial charge in [0.2, 0.25) is 5.91 Å².